The van der Waals surface area contributed by atoms with Gasteiger partial charge in [0.15, 0.2) is 5.82 Å². The van der Waals surface area contributed by atoms with E-state index in [0.717, 1.165) is 0 Å². The molecular weight excluding hydrogens is 273 g/mol. The molecule has 21 heavy (non-hydrogen) atoms. The minimum absolute atomic E-state index is 0.384. The van der Waals surface area contributed by atoms with Gasteiger partial charge in [-0.15, -0.1) is 0 Å². The second kappa shape index (κ2) is 5.55. The van der Waals surface area contributed by atoms with Crippen molar-refractivity contribution in [3.63, 3.8) is 0 Å². The van der Waals surface area contributed by atoms with E-state index in [9.17, 15) is 9.18 Å². The fourth-order valence-electron chi connectivity index (χ4n) is 1.87. The summed E-state index contributed by atoms with van der Waals surface area (Å²) in [6.07, 6.45) is 0.643. The van der Waals surface area contributed by atoms with Crippen LogP contribution in [0.3, 0.4) is 0 Å². The minimum atomic E-state index is -0.554. The predicted molar refractivity (Wildman–Crippen MR) is 78.5 cm³/mol. The number of carbonyl (C=O) groups excluding carboxylic acids is 1. The number of aryl methyl sites for hydroxylation is 1. The zero-order chi connectivity index (χ0) is 15.6. The number of nitrogens with one attached hydrogen (secondary N) is 1. The highest BCUT2D eigenvalue weighted by atomic mass is 19.1. The third kappa shape index (κ3) is 3.81. The fraction of sp³-hybridized carbons (Fsp3) is 0.333. The summed E-state index contributed by atoms with van der Waals surface area (Å²) >= 11 is 0. The molecule has 1 N–H and O–H groups in total. The van der Waals surface area contributed by atoms with Crippen LogP contribution in [-0.4, -0.2) is 21.5 Å². The van der Waals surface area contributed by atoms with Crippen LogP contribution in [0.4, 0.5) is 14.9 Å². The number of benzene rings is 1. The van der Waals surface area contributed by atoms with Crippen LogP contribution in [0.1, 0.15) is 20.8 Å². The van der Waals surface area contributed by atoms with Gasteiger partial charge in [-0.2, -0.15) is 5.10 Å². The summed E-state index contributed by atoms with van der Waals surface area (Å²) < 4.78 is 20.2. The molecule has 0 aliphatic carbocycles. The van der Waals surface area contributed by atoms with Gasteiger partial charge in [-0.3, -0.25) is 10.00 Å². The van der Waals surface area contributed by atoms with Gasteiger partial charge in [0, 0.05) is 18.3 Å². The van der Waals surface area contributed by atoms with Crippen LogP contribution < -0.4 is 5.32 Å². The second-order valence-corrected chi connectivity index (χ2v) is 5.67. The van der Waals surface area contributed by atoms with Crippen molar-refractivity contribution in [1.82, 2.24) is 9.78 Å². The number of nitrogens with zero attached hydrogens (tertiary/aromatic N) is 2. The van der Waals surface area contributed by atoms with E-state index in [-0.39, 0.29) is 5.82 Å². The Hall–Kier alpha value is -2.37. The number of aromatic nitrogens is 2. The van der Waals surface area contributed by atoms with Crippen LogP contribution in [0.25, 0.3) is 11.3 Å². The van der Waals surface area contributed by atoms with Gasteiger partial charge in [0.25, 0.3) is 0 Å². The average molecular weight is 291 g/mol. The molecule has 6 heteroatoms. The summed E-state index contributed by atoms with van der Waals surface area (Å²) in [6.45, 7) is 5.38. The normalized spacial score (nSPS) is 11.3. The van der Waals surface area contributed by atoms with Crippen molar-refractivity contribution in [3.8, 4) is 11.3 Å². The molecule has 1 aromatic carbocycles. The topological polar surface area (TPSA) is 56.2 Å². The molecule has 0 radical (unpaired) electrons. The Morgan fingerprint density at radius 1 is 1.29 bits per heavy atom. The van der Waals surface area contributed by atoms with Crippen molar-refractivity contribution < 1.29 is 13.9 Å². The molecular formula is C15H18FN3O2. The number of hydrogen-bond acceptors (Lipinski definition) is 3. The van der Waals surface area contributed by atoms with Gasteiger partial charge >= 0.3 is 6.09 Å². The monoisotopic (exact) mass is 291 g/mol. The summed E-state index contributed by atoms with van der Waals surface area (Å²) in [5, 5.41) is 6.48. The lowest BCUT2D eigenvalue weighted by Crippen LogP contribution is -2.27. The number of hydrogen-bond donors (Lipinski definition) is 1. The maximum atomic E-state index is 13.6. The molecule has 1 heterocycles. The van der Waals surface area contributed by atoms with Crippen molar-refractivity contribution >= 4 is 11.8 Å². The van der Waals surface area contributed by atoms with Crippen LogP contribution in [0, 0.1) is 5.82 Å². The summed E-state index contributed by atoms with van der Waals surface area (Å²) in [5.41, 5.74) is 1.11. The van der Waals surface area contributed by atoms with Crippen molar-refractivity contribution in [2.75, 3.05) is 5.32 Å². The molecule has 0 spiro atoms. The first kappa shape index (κ1) is 15.0. The van der Waals surface area contributed by atoms with Crippen LogP contribution in [0.2, 0.25) is 0 Å². The minimum Gasteiger partial charge on any atom is -0.444 e. The van der Waals surface area contributed by atoms with Crippen LogP contribution >= 0.6 is 0 Å². The van der Waals surface area contributed by atoms with Crippen LogP contribution in [0.5, 0.6) is 0 Å². The number of halogens is 1. The molecule has 0 saturated heterocycles. The van der Waals surface area contributed by atoms with E-state index in [1.54, 1.807) is 52.1 Å². The lowest BCUT2D eigenvalue weighted by Gasteiger charge is -2.19. The van der Waals surface area contributed by atoms with Crippen molar-refractivity contribution in [3.05, 3.63) is 36.3 Å². The SMILES string of the molecule is Cn1ncc(F)c1-c1ccc(NC(=O)OC(C)(C)C)cc1. The number of rotatable bonds is 2. The molecule has 2 rings (SSSR count). The van der Waals surface area contributed by atoms with E-state index in [0.29, 0.717) is 16.9 Å². The van der Waals surface area contributed by atoms with Crippen molar-refractivity contribution in [2.45, 2.75) is 26.4 Å². The van der Waals surface area contributed by atoms with Gasteiger partial charge in [0.05, 0.1) is 6.20 Å². The highest BCUT2D eigenvalue weighted by molar-refractivity contribution is 5.85. The predicted octanol–water partition coefficient (Wildman–Crippen LogP) is 3.57. The summed E-state index contributed by atoms with van der Waals surface area (Å²) in [5.74, 6) is -0.384. The standard InChI is InChI=1S/C15H18FN3O2/c1-15(2,3)21-14(20)18-11-7-5-10(6-8-11)13-12(16)9-17-19(13)4/h5-9H,1-4H3,(H,18,20). The Morgan fingerprint density at radius 2 is 1.90 bits per heavy atom. The van der Waals surface area contributed by atoms with E-state index in [2.05, 4.69) is 10.4 Å². The van der Waals surface area contributed by atoms with E-state index in [4.69, 9.17) is 4.74 Å². The molecule has 0 unspecified atom stereocenters. The molecule has 5 nitrogen and oxygen atoms in total. The van der Waals surface area contributed by atoms with Gasteiger partial charge in [0.2, 0.25) is 0 Å². The fourth-order valence-corrected chi connectivity index (χ4v) is 1.87. The first-order chi connectivity index (χ1) is 9.76. The molecule has 0 atom stereocenters. The molecule has 0 fully saturated rings. The Kier molecular flexibility index (Phi) is 3.97. The maximum Gasteiger partial charge on any atom is 0.412 e. The van der Waals surface area contributed by atoms with E-state index >= 15 is 0 Å². The molecule has 112 valence electrons. The maximum absolute atomic E-state index is 13.6. The lowest BCUT2D eigenvalue weighted by atomic mass is 10.1. The first-order valence-corrected chi connectivity index (χ1v) is 6.54. The largest absolute Gasteiger partial charge is 0.444 e. The third-order valence-corrected chi connectivity index (χ3v) is 2.70. The highest BCUT2D eigenvalue weighted by Crippen LogP contribution is 2.23. The molecule has 1 amide bonds. The zero-order valence-corrected chi connectivity index (χ0v) is 12.5. The van der Waals surface area contributed by atoms with Crippen LogP contribution in [-0.2, 0) is 11.8 Å². The quantitative estimate of drug-likeness (QED) is 0.920. The molecule has 0 aliphatic rings. The lowest BCUT2D eigenvalue weighted by molar-refractivity contribution is 0.0636. The average Bonchev–Trinajstić information content (AvgIpc) is 2.68. The summed E-state index contributed by atoms with van der Waals surface area (Å²) in [7, 11) is 1.67. The number of amides is 1. The summed E-state index contributed by atoms with van der Waals surface area (Å²) in [4.78, 5) is 11.6. The van der Waals surface area contributed by atoms with E-state index < -0.39 is 11.7 Å². The van der Waals surface area contributed by atoms with Crippen molar-refractivity contribution in [1.29, 1.82) is 0 Å². The van der Waals surface area contributed by atoms with Gasteiger partial charge in [0.1, 0.15) is 11.3 Å². The second-order valence-electron chi connectivity index (χ2n) is 5.67. The molecule has 0 aliphatic heterocycles. The number of carbonyl (C=O) groups is 1. The smallest absolute Gasteiger partial charge is 0.412 e. The molecule has 0 saturated carbocycles. The Balaban J connectivity index is 2.11. The Morgan fingerprint density at radius 3 is 2.38 bits per heavy atom. The molecule has 1 aromatic heterocycles. The van der Waals surface area contributed by atoms with Gasteiger partial charge in [-0.1, -0.05) is 12.1 Å². The molecule has 2 aromatic rings. The Bertz CT molecular complexity index is 622. The van der Waals surface area contributed by atoms with Crippen LogP contribution in [0.15, 0.2) is 30.5 Å². The van der Waals surface area contributed by atoms with E-state index in [1.165, 1.54) is 10.9 Å². The number of ether oxygens (including phenoxy) is 1. The van der Waals surface area contributed by atoms with Gasteiger partial charge < -0.3 is 4.74 Å². The zero-order valence-electron chi connectivity index (χ0n) is 12.5. The van der Waals surface area contributed by atoms with Gasteiger partial charge in [-0.25, -0.2) is 9.18 Å². The first-order valence-electron chi connectivity index (χ1n) is 6.54. The van der Waals surface area contributed by atoms with Gasteiger partial charge in [-0.05, 0) is 32.9 Å². The van der Waals surface area contributed by atoms with E-state index in [1.807, 2.05) is 0 Å². The van der Waals surface area contributed by atoms with Crippen molar-refractivity contribution in [2.24, 2.45) is 7.05 Å². The summed E-state index contributed by atoms with van der Waals surface area (Å²) in [6, 6.07) is 6.80. The molecule has 0 bridgehead atoms. The number of anilines is 1. The highest BCUT2D eigenvalue weighted by Gasteiger charge is 2.16. The third-order valence-electron chi connectivity index (χ3n) is 2.70. The Labute approximate surface area is 122 Å².